The van der Waals surface area contributed by atoms with Gasteiger partial charge in [-0.25, -0.2) is 4.79 Å². The largest absolute Gasteiger partial charge is 0.452 e. The van der Waals surface area contributed by atoms with E-state index >= 15 is 0 Å². The Morgan fingerprint density at radius 1 is 1.19 bits per heavy atom. The zero-order chi connectivity index (χ0) is 19.2. The first-order valence-electron chi connectivity index (χ1n) is 10.7. The Balaban J connectivity index is 1.52. The molecule has 1 aliphatic heterocycles. The van der Waals surface area contributed by atoms with Gasteiger partial charge in [-0.1, -0.05) is 32.1 Å². The molecule has 1 spiro atoms. The number of fused-ring (bicyclic) bond motifs is 6. The van der Waals surface area contributed by atoms with Crippen LogP contribution in [0.1, 0.15) is 65.2 Å². The molecule has 1 saturated heterocycles. The maximum Gasteiger partial charge on any atom is 0.334 e. The summed E-state index contributed by atoms with van der Waals surface area (Å²) in [6.07, 6.45) is 8.71. The van der Waals surface area contributed by atoms with Gasteiger partial charge in [-0.3, -0.25) is 0 Å². The fourth-order valence-corrected chi connectivity index (χ4v) is 7.90. The van der Waals surface area contributed by atoms with Crippen LogP contribution in [0.25, 0.3) is 0 Å². The minimum atomic E-state index is -0.773. The summed E-state index contributed by atoms with van der Waals surface area (Å²) in [4.78, 5) is 12.2. The maximum atomic E-state index is 12.2. The predicted molar refractivity (Wildman–Crippen MR) is 102 cm³/mol. The molecule has 4 fully saturated rings. The number of carbonyl (C=O) groups excluding carboxylic acids is 1. The van der Waals surface area contributed by atoms with Crippen LogP contribution in [0.2, 0.25) is 0 Å². The van der Waals surface area contributed by atoms with Gasteiger partial charge >= 0.3 is 5.97 Å². The molecule has 27 heavy (non-hydrogen) atoms. The predicted octanol–water partition coefficient (Wildman–Crippen LogP) is 3.52. The van der Waals surface area contributed by atoms with Gasteiger partial charge in [0.25, 0.3) is 0 Å². The summed E-state index contributed by atoms with van der Waals surface area (Å²) in [6.45, 7) is 8.55. The van der Waals surface area contributed by atoms with E-state index in [0.717, 1.165) is 44.9 Å². The fourth-order valence-electron chi connectivity index (χ4n) is 7.90. The van der Waals surface area contributed by atoms with Crippen molar-refractivity contribution in [1.29, 1.82) is 0 Å². The minimum Gasteiger partial charge on any atom is -0.452 e. The smallest absolute Gasteiger partial charge is 0.334 e. The Morgan fingerprint density at radius 3 is 2.67 bits per heavy atom. The number of aliphatic hydroxyl groups excluding tert-OH is 2. The molecule has 0 bridgehead atoms. The van der Waals surface area contributed by atoms with E-state index in [4.69, 9.17) is 4.74 Å². The van der Waals surface area contributed by atoms with Crippen LogP contribution in [0.5, 0.6) is 0 Å². The summed E-state index contributed by atoms with van der Waals surface area (Å²) < 4.78 is 5.90. The molecule has 0 unspecified atom stereocenters. The van der Waals surface area contributed by atoms with Crippen LogP contribution in [0.15, 0.2) is 23.8 Å². The zero-order valence-electron chi connectivity index (χ0n) is 16.5. The molecule has 0 aromatic rings. The Morgan fingerprint density at radius 2 is 1.96 bits per heavy atom. The molecule has 5 aliphatic rings. The van der Waals surface area contributed by atoms with Crippen LogP contribution >= 0.6 is 0 Å². The van der Waals surface area contributed by atoms with Crippen molar-refractivity contribution in [2.24, 2.45) is 28.6 Å². The quantitative estimate of drug-likeness (QED) is 0.388. The lowest BCUT2D eigenvalue weighted by Gasteiger charge is -2.58. The monoisotopic (exact) mass is 372 g/mol. The third-order valence-electron chi connectivity index (χ3n) is 9.49. The fraction of sp³-hybridized carbons (Fsp3) is 0.783. The van der Waals surface area contributed by atoms with E-state index in [1.807, 2.05) is 0 Å². The molecule has 3 saturated carbocycles. The molecule has 1 heterocycles. The highest BCUT2D eigenvalue weighted by Gasteiger charge is 2.71. The number of carbonyl (C=O) groups is 1. The van der Waals surface area contributed by atoms with Crippen LogP contribution in [0.4, 0.5) is 0 Å². The normalized spacial score (nSPS) is 54.2. The number of rotatable bonds is 0. The zero-order valence-corrected chi connectivity index (χ0v) is 16.5. The first-order chi connectivity index (χ1) is 12.7. The molecule has 4 aliphatic carbocycles. The van der Waals surface area contributed by atoms with Gasteiger partial charge in [0.15, 0.2) is 0 Å². The lowest BCUT2D eigenvalue weighted by molar-refractivity contribution is -0.180. The standard InChI is InChI=1S/C23H32O4/c1-13-12-23(27-20(13)26)19(25)11-18-16-5-4-14-10-15(24)6-8-21(14,2)17(16)7-9-22(18,23)3/h4,15-19,24-25H,1,5-12H2,2-3H3/t15-,16+,17-,18-,19+,21-,22-,23+/m0/s1. The van der Waals surface area contributed by atoms with Gasteiger partial charge in [0.1, 0.15) is 5.60 Å². The lowest BCUT2D eigenvalue weighted by Crippen LogP contribution is -2.56. The Kier molecular flexibility index (Phi) is 3.64. The summed E-state index contributed by atoms with van der Waals surface area (Å²) in [5.41, 5.74) is 1.19. The van der Waals surface area contributed by atoms with Crippen molar-refractivity contribution in [3.05, 3.63) is 23.8 Å². The highest BCUT2D eigenvalue weighted by molar-refractivity contribution is 5.91. The average Bonchev–Trinajstić information content (AvgIpc) is 3.04. The van der Waals surface area contributed by atoms with Gasteiger partial charge in [-0.05, 0) is 68.1 Å². The summed E-state index contributed by atoms with van der Waals surface area (Å²) in [5.74, 6) is 1.17. The van der Waals surface area contributed by atoms with Crippen molar-refractivity contribution in [3.8, 4) is 0 Å². The van der Waals surface area contributed by atoms with E-state index in [1.54, 1.807) is 0 Å². The highest BCUT2D eigenvalue weighted by Crippen LogP contribution is 2.69. The molecule has 0 amide bonds. The van der Waals surface area contributed by atoms with E-state index in [-0.39, 0.29) is 22.9 Å². The van der Waals surface area contributed by atoms with Gasteiger partial charge < -0.3 is 14.9 Å². The number of hydrogen-bond donors (Lipinski definition) is 2. The second-order valence-electron chi connectivity index (χ2n) is 10.4. The van der Waals surface area contributed by atoms with E-state index in [0.29, 0.717) is 29.7 Å². The Bertz CT molecular complexity index is 723. The van der Waals surface area contributed by atoms with Gasteiger partial charge in [0, 0.05) is 17.4 Å². The first-order valence-corrected chi connectivity index (χ1v) is 10.7. The number of aliphatic hydroxyl groups is 2. The van der Waals surface area contributed by atoms with Crippen LogP contribution in [0.3, 0.4) is 0 Å². The Hall–Kier alpha value is -1.13. The van der Waals surface area contributed by atoms with Gasteiger partial charge in [-0.15, -0.1) is 0 Å². The summed E-state index contributed by atoms with van der Waals surface area (Å²) >= 11 is 0. The van der Waals surface area contributed by atoms with Crippen LogP contribution in [-0.2, 0) is 9.53 Å². The minimum absolute atomic E-state index is 0.181. The maximum absolute atomic E-state index is 12.2. The SMILES string of the molecule is C=C1C[C@@]2(OC1=O)[C@H](O)C[C@H]1[C@@H]3CC=C4C[C@@H](O)CC[C@]4(C)[C@H]3CC[C@@]12C. The van der Waals surface area contributed by atoms with Gasteiger partial charge in [-0.2, -0.15) is 0 Å². The van der Waals surface area contributed by atoms with Crippen molar-refractivity contribution in [2.45, 2.75) is 83.0 Å². The van der Waals surface area contributed by atoms with Gasteiger partial charge in [0.2, 0.25) is 0 Å². The number of esters is 1. The third-order valence-corrected chi connectivity index (χ3v) is 9.49. The van der Waals surface area contributed by atoms with E-state index < -0.39 is 11.7 Å². The number of ether oxygens (including phenoxy) is 1. The summed E-state index contributed by atoms with van der Waals surface area (Å²) in [6, 6.07) is 0. The first kappa shape index (κ1) is 17.9. The van der Waals surface area contributed by atoms with E-state index in [1.165, 1.54) is 5.57 Å². The molecule has 8 atom stereocenters. The van der Waals surface area contributed by atoms with Crippen LogP contribution in [0, 0.1) is 28.6 Å². The van der Waals surface area contributed by atoms with Crippen molar-refractivity contribution in [2.75, 3.05) is 0 Å². The summed E-state index contributed by atoms with van der Waals surface area (Å²) in [5, 5.41) is 21.2. The number of hydrogen-bond acceptors (Lipinski definition) is 4. The molecular weight excluding hydrogens is 340 g/mol. The van der Waals surface area contributed by atoms with Gasteiger partial charge in [0.05, 0.1) is 12.2 Å². The van der Waals surface area contributed by atoms with Crippen molar-refractivity contribution in [1.82, 2.24) is 0 Å². The van der Waals surface area contributed by atoms with Crippen molar-refractivity contribution in [3.63, 3.8) is 0 Å². The second-order valence-corrected chi connectivity index (χ2v) is 10.4. The van der Waals surface area contributed by atoms with Crippen LogP contribution in [-0.4, -0.2) is 34.0 Å². The van der Waals surface area contributed by atoms with Crippen LogP contribution < -0.4 is 0 Å². The van der Waals surface area contributed by atoms with E-state index in [2.05, 4.69) is 26.5 Å². The third kappa shape index (κ3) is 2.09. The average molecular weight is 373 g/mol. The molecule has 148 valence electrons. The topological polar surface area (TPSA) is 66.8 Å². The Labute approximate surface area is 161 Å². The second kappa shape index (κ2) is 5.48. The molecule has 4 nitrogen and oxygen atoms in total. The molecule has 5 rings (SSSR count). The molecule has 2 N–H and O–H groups in total. The lowest BCUT2D eigenvalue weighted by atomic mass is 9.47. The molecule has 0 aromatic carbocycles. The van der Waals surface area contributed by atoms with Crippen molar-refractivity contribution >= 4 is 5.97 Å². The molecule has 4 heteroatoms. The van der Waals surface area contributed by atoms with Crippen molar-refractivity contribution < 1.29 is 19.7 Å². The molecule has 0 aromatic heterocycles. The highest BCUT2D eigenvalue weighted by atomic mass is 16.6. The summed E-state index contributed by atoms with van der Waals surface area (Å²) in [7, 11) is 0. The van der Waals surface area contributed by atoms with E-state index in [9.17, 15) is 15.0 Å². The molecule has 0 radical (unpaired) electrons. The number of allylic oxidation sites excluding steroid dienone is 1. The molecular formula is C23H32O4.